The topological polar surface area (TPSA) is 111 Å². The van der Waals surface area contributed by atoms with Gasteiger partial charge in [-0.2, -0.15) is 0 Å². The lowest BCUT2D eigenvalue weighted by molar-refractivity contribution is -0.384. The number of ether oxygens (including phenoxy) is 2. The smallest absolute Gasteiger partial charge is 0.270 e. The van der Waals surface area contributed by atoms with Gasteiger partial charge >= 0.3 is 0 Å². The molecule has 9 heteroatoms. The summed E-state index contributed by atoms with van der Waals surface area (Å²) in [6, 6.07) is 5.38. The molecule has 2 aliphatic heterocycles. The highest BCUT2D eigenvalue weighted by atomic mass is 16.7. The molecule has 2 amide bonds. The molecule has 2 heterocycles. The molecule has 1 N–H and O–H groups in total. The zero-order valence-electron chi connectivity index (χ0n) is 13.6. The Morgan fingerprint density at radius 2 is 1.92 bits per heavy atom. The van der Waals surface area contributed by atoms with Crippen molar-refractivity contribution in [2.75, 3.05) is 32.8 Å². The minimum absolute atomic E-state index is 0.146. The van der Waals surface area contributed by atoms with E-state index in [0.29, 0.717) is 39.1 Å². The molecule has 0 unspecified atom stereocenters. The van der Waals surface area contributed by atoms with E-state index >= 15 is 0 Å². The number of hydrogen-bond donors (Lipinski definition) is 1. The van der Waals surface area contributed by atoms with Gasteiger partial charge in [0.1, 0.15) is 0 Å². The highest BCUT2D eigenvalue weighted by molar-refractivity contribution is 5.96. The number of amides is 2. The molecule has 1 spiro atoms. The third-order valence-electron chi connectivity index (χ3n) is 4.41. The van der Waals surface area contributed by atoms with Gasteiger partial charge in [-0.25, -0.2) is 0 Å². The Labute approximate surface area is 144 Å². The molecule has 0 aromatic heterocycles. The summed E-state index contributed by atoms with van der Waals surface area (Å²) in [5, 5.41) is 13.3. The molecule has 2 aliphatic rings. The number of benzene rings is 1. The van der Waals surface area contributed by atoms with E-state index in [9.17, 15) is 19.7 Å². The summed E-state index contributed by atoms with van der Waals surface area (Å²) in [7, 11) is 0. The number of rotatable bonds is 4. The van der Waals surface area contributed by atoms with Crippen LogP contribution in [0.15, 0.2) is 24.3 Å². The van der Waals surface area contributed by atoms with Crippen molar-refractivity contribution >= 4 is 17.5 Å². The lowest BCUT2D eigenvalue weighted by Crippen LogP contribution is -2.49. The molecule has 25 heavy (non-hydrogen) atoms. The zero-order chi connectivity index (χ0) is 17.9. The number of nitrogens with zero attached hydrogens (tertiary/aromatic N) is 2. The molecule has 2 saturated heterocycles. The van der Waals surface area contributed by atoms with Crippen molar-refractivity contribution in [1.82, 2.24) is 10.2 Å². The molecule has 0 radical (unpaired) electrons. The van der Waals surface area contributed by atoms with Crippen LogP contribution >= 0.6 is 0 Å². The van der Waals surface area contributed by atoms with E-state index < -0.39 is 16.6 Å². The molecule has 0 atom stereocenters. The Hall–Kier alpha value is -2.52. The molecule has 1 aromatic rings. The molecule has 9 nitrogen and oxygen atoms in total. The second-order valence-corrected chi connectivity index (χ2v) is 5.98. The van der Waals surface area contributed by atoms with Crippen molar-refractivity contribution in [1.29, 1.82) is 0 Å². The van der Waals surface area contributed by atoms with E-state index in [-0.39, 0.29) is 23.7 Å². The first kappa shape index (κ1) is 17.3. The SMILES string of the molecule is O=C(NCC(=O)N1CCC2(CC1)OCCO2)c1cccc([N+](=O)[O-])c1. The summed E-state index contributed by atoms with van der Waals surface area (Å²) in [6.07, 6.45) is 1.22. The number of non-ortho nitro benzene ring substituents is 1. The molecule has 3 rings (SSSR count). The van der Waals surface area contributed by atoms with E-state index in [1.165, 1.54) is 24.3 Å². The maximum Gasteiger partial charge on any atom is 0.270 e. The third-order valence-corrected chi connectivity index (χ3v) is 4.41. The zero-order valence-corrected chi connectivity index (χ0v) is 13.6. The van der Waals surface area contributed by atoms with Crippen LogP contribution in [0.2, 0.25) is 0 Å². The van der Waals surface area contributed by atoms with Crippen LogP contribution in [0.25, 0.3) is 0 Å². The Bertz CT molecular complexity index is 676. The number of piperidine rings is 1. The van der Waals surface area contributed by atoms with Crippen LogP contribution in [-0.4, -0.2) is 60.3 Å². The number of nitro groups is 1. The number of carbonyl (C=O) groups excluding carboxylic acids is 2. The Kier molecular flexibility index (Phi) is 4.95. The molecule has 2 fully saturated rings. The molecule has 1 aromatic carbocycles. The monoisotopic (exact) mass is 349 g/mol. The van der Waals surface area contributed by atoms with Gasteiger partial charge in [0, 0.05) is 43.6 Å². The number of hydrogen-bond acceptors (Lipinski definition) is 6. The predicted molar refractivity (Wildman–Crippen MR) is 85.9 cm³/mol. The minimum atomic E-state index is -0.571. The van der Waals surface area contributed by atoms with Gasteiger partial charge in [-0.1, -0.05) is 6.07 Å². The number of likely N-dealkylation sites (tertiary alicyclic amines) is 1. The molecule has 0 saturated carbocycles. The van der Waals surface area contributed by atoms with Gasteiger partial charge in [-0.3, -0.25) is 19.7 Å². The summed E-state index contributed by atoms with van der Waals surface area (Å²) >= 11 is 0. The Morgan fingerprint density at radius 1 is 1.24 bits per heavy atom. The highest BCUT2D eigenvalue weighted by Gasteiger charge is 2.40. The van der Waals surface area contributed by atoms with Crippen molar-refractivity contribution in [3.05, 3.63) is 39.9 Å². The maximum absolute atomic E-state index is 12.2. The number of nitro benzene ring substituents is 1. The summed E-state index contributed by atoms with van der Waals surface area (Å²) in [5.41, 5.74) is -0.0239. The fourth-order valence-corrected chi connectivity index (χ4v) is 3.01. The quantitative estimate of drug-likeness (QED) is 0.632. The second-order valence-electron chi connectivity index (χ2n) is 5.98. The second kappa shape index (κ2) is 7.16. The molecule has 0 aliphatic carbocycles. The summed E-state index contributed by atoms with van der Waals surface area (Å²) < 4.78 is 11.2. The van der Waals surface area contributed by atoms with Crippen LogP contribution in [0.3, 0.4) is 0 Å². The van der Waals surface area contributed by atoms with Crippen LogP contribution in [0, 0.1) is 10.1 Å². The van der Waals surface area contributed by atoms with Gasteiger partial charge < -0.3 is 19.7 Å². The van der Waals surface area contributed by atoms with Gasteiger partial charge in [-0.05, 0) is 6.07 Å². The van der Waals surface area contributed by atoms with Crippen molar-refractivity contribution in [3.63, 3.8) is 0 Å². The Balaban J connectivity index is 1.50. The maximum atomic E-state index is 12.2. The van der Waals surface area contributed by atoms with E-state index in [2.05, 4.69) is 5.32 Å². The first-order chi connectivity index (χ1) is 12.0. The third kappa shape index (κ3) is 3.94. The average molecular weight is 349 g/mol. The first-order valence-corrected chi connectivity index (χ1v) is 8.07. The molecular formula is C16H19N3O6. The number of carbonyl (C=O) groups is 2. The van der Waals surface area contributed by atoms with Crippen LogP contribution < -0.4 is 5.32 Å². The summed E-state index contributed by atoms with van der Waals surface area (Å²) in [6.45, 7) is 2.01. The van der Waals surface area contributed by atoms with E-state index in [0.717, 1.165) is 0 Å². The van der Waals surface area contributed by atoms with Gasteiger partial charge in [0.05, 0.1) is 24.7 Å². The Morgan fingerprint density at radius 3 is 2.56 bits per heavy atom. The van der Waals surface area contributed by atoms with Crippen LogP contribution in [-0.2, 0) is 14.3 Å². The standard InChI is InChI=1S/C16H19N3O6/c20-14(18-6-4-16(5-7-18)24-8-9-25-16)11-17-15(21)12-2-1-3-13(10-12)19(22)23/h1-3,10H,4-9,11H2,(H,17,21). The van der Waals surface area contributed by atoms with E-state index in [1.54, 1.807) is 4.90 Å². The lowest BCUT2D eigenvalue weighted by Gasteiger charge is -2.37. The van der Waals surface area contributed by atoms with Crippen LogP contribution in [0.4, 0.5) is 5.69 Å². The van der Waals surface area contributed by atoms with Gasteiger partial charge in [-0.15, -0.1) is 0 Å². The average Bonchev–Trinajstić information content (AvgIpc) is 3.08. The van der Waals surface area contributed by atoms with E-state index in [4.69, 9.17) is 9.47 Å². The van der Waals surface area contributed by atoms with Crippen molar-refractivity contribution in [3.8, 4) is 0 Å². The van der Waals surface area contributed by atoms with Crippen LogP contribution in [0.1, 0.15) is 23.2 Å². The number of nitrogens with one attached hydrogen (secondary N) is 1. The normalized spacial score (nSPS) is 19.0. The first-order valence-electron chi connectivity index (χ1n) is 8.07. The molecule has 134 valence electrons. The van der Waals surface area contributed by atoms with Gasteiger partial charge in [0.15, 0.2) is 5.79 Å². The largest absolute Gasteiger partial charge is 0.347 e. The fourth-order valence-electron chi connectivity index (χ4n) is 3.01. The van der Waals surface area contributed by atoms with Crippen LogP contribution in [0.5, 0.6) is 0 Å². The summed E-state index contributed by atoms with van der Waals surface area (Å²) in [4.78, 5) is 36.1. The van der Waals surface area contributed by atoms with Gasteiger partial charge in [0.25, 0.3) is 11.6 Å². The van der Waals surface area contributed by atoms with E-state index in [1.807, 2.05) is 0 Å². The van der Waals surface area contributed by atoms with Crippen molar-refractivity contribution in [2.45, 2.75) is 18.6 Å². The minimum Gasteiger partial charge on any atom is -0.347 e. The highest BCUT2D eigenvalue weighted by Crippen LogP contribution is 2.31. The van der Waals surface area contributed by atoms with Crippen molar-refractivity contribution < 1.29 is 24.0 Å². The fraction of sp³-hybridized carbons (Fsp3) is 0.500. The summed E-state index contributed by atoms with van der Waals surface area (Å²) in [5.74, 6) is -1.28. The van der Waals surface area contributed by atoms with Gasteiger partial charge in [0.2, 0.25) is 5.91 Å². The molecular weight excluding hydrogens is 330 g/mol. The van der Waals surface area contributed by atoms with Crippen molar-refractivity contribution in [2.24, 2.45) is 0 Å². The predicted octanol–water partition coefficient (Wildman–Crippen LogP) is 0.690. The lowest BCUT2D eigenvalue weighted by atomic mass is 10.0. The molecule has 0 bridgehead atoms.